The highest BCUT2D eigenvalue weighted by Gasteiger charge is 2.24. The third-order valence-electron chi connectivity index (χ3n) is 2.23. The molecule has 70 valence electrons. The van der Waals surface area contributed by atoms with Gasteiger partial charge in [0.25, 0.3) is 0 Å². The lowest BCUT2D eigenvalue weighted by Gasteiger charge is -2.09. The van der Waals surface area contributed by atoms with Crippen molar-refractivity contribution in [2.24, 2.45) is 0 Å². The van der Waals surface area contributed by atoms with Gasteiger partial charge in [0.15, 0.2) is 0 Å². The fraction of sp³-hybridized carbons (Fsp3) is 0.556. The first-order valence-corrected chi connectivity index (χ1v) is 4.87. The Labute approximate surface area is 82.2 Å². The number of ether oxygens (including phenoxy) is 1. The summed E-state index contributed by atoms with van der Waals surface area (Å²) < 4.78 is 6.38. The van der Waals surface area contributed by atoms with E-state index in [-0.39, 0.29) is 6.10 Å². The van der Waals surface area contributed by atoms with E-state index in [0.29, 0.717) is 10.7 Å². The quantitative estimate of drug-likeness (QED) is 0.701. The predicted octanol–water partition coefficient (Wildman–Crippen LogP) is 2.38. The molecule has 4 heteroatoms. The summed E-state index contributed by atoms with van der Waals surface area (Å²) in [7, 11) is 0. The molecule has 2 rings (SSSR count). The van der Waals surface area contributed by atoms with Crippen molar-refractivity contribution in [1.82, 2.24) is 9.97 Å². The zero-order valence-corrected chi connectivity index (χ0v) is 8.30. The zero-order chi connectivity index (χ0) is 9.26. The molecule has 0 aromatic carbocycles. The monoisotopic (exact) mass is 196 g/mol. The number of aromatic amines is 1. The van der Waals surface area contributed by atoms with Crippen molar-refractivity contribution in [3.63, 3.8) is 0 Å². The first kappa shape index (κ1) is 8.84. The third-order valence-corrected chi connectivity index (χ3v) is 2.47. The first-order valence-electron chi connectivity index (χ1n) is 4.46. The number of rotatable bonds is 1. The maximum atomic E-state index is 5.66. The second-order valence-electron chi connectivity index (χ2n) is 3.33. The Morgan fingerprint density at radius 1 is 1.62 bits per heavy atom. The molecule has 0 amide bonds. The molecule has 0 radical (unpaired) electrons. The van der Waals surface area contributed by atoms with Gasteiger partial charge in [-0.15, -0.1) is 0 Å². The molecule has 1 fully saturated rings. The van der Waals surface area contributed by atoms with Crippen LogP contribution in [0.2, 0.25) is 0 Å². The van der Waals surface area contributed by atoms with E-state index < -0.39 is 0 Å². The molecule has 1 aliphatic heterocycles. The van der Waals surface area contributed by atoms with Gasteiger partial charge in [-0.25, -0.2) is 4.98 Å². The predicted molar refractivity (Wildman–Crippen MR) is 51.9 cm³/mol. The van der Waals surface area contributed by atoms with Gasteiger partial charge in [-0.05, 0) is 25.8 Å². The summed E-state index contributed by atoms with van der Waals surface area (Å²) >= 11 is 5.01. The highest BCUT2D eigenvalue weighted by atomic mass is 32.1. The Morgan fingerprint density at radius 2 is 2.46 bits per heavy atom. The SMILES string of the molecule is CC1CCC(c2nccc(=S)[nH]2)O1. The van der Waals surface area contributed by atoms with Crippen LogP contribution in [0.3, 0.4) is 0 Å². The number of H-pyrrole nitrogens is 1. The van der Waals surface area contributed by atoms with Crippen LogP contribution in [0.1, 0.15) is 31.7 Å². The smallest absolute Gasteiger partial charge is 0.136 e. The van der Waals surface area contributed by atoms with Crippen molar-refractivity contribution < 1.29 is 4.74 Å². The summed E-state index contributed by atoms with van der Waals surface area (Å²) in [5, 5.41) is 0. The number of nitrogens with zero attached hydrogens (tertiary/aromatic N) is 1. The van der Waals surface area contributed by atoms with E-state index in [4.69, 9.17) is 17.0 Å². The molecule has 3 nitrogen and oxygen atoms in total. The van der Waals surface area contributed by atoms with E-state index in [1.54, 1.807) is 12.3 Å². The highest BCUT2D eigenvalue weighted by Crippen LogP contribution is 2.29. The summed E-state index contributed by atoms with van der Waals surface area (Å²) in [5.41, 5.74) is 0. The van der Waals surface area contributed by atoms with Gasteiger partial charge in [0, 0.05) is 6.20 Å². The molecule has 0 bridgehead atoms. The van der Waals surface area contributed by atoms with E-state index in [9.17, 15) is 0 Å². The van der Waals surface area contributed by atoms with Crippen LogP contribution in [0.4, 0.5) is 0 Å². The van der Waals surface area contributed by atoms with Crippen LogP contribution in [0, 0.1) is 4.64 Å². The van der Waals surface area contributed by atoms with Gasteiger partial charge in [-0.3, -0.25) is 0 Å². The molecule has 1 aromatic heterocycles. The Balaban J connectivity index is 2.21. The zero-order valence-electron chi connectivity index (χ0n) is 7.49. The van der Waals surface area contributed by atoms with Crippen LogP contribution in [-0.4, -0.2) is 16.1 Å². The molecule has 1 aromatic rings. The molecule has 0 spiro atoms. The maximum absolute atomic E-state index is 5.66. The van der Waals surface area contributed by atoms with Crippen molar-refractivity contribution in [3.8, 4) is 0 Å². The lowest BCUT2D eigenvalue weighted by Crippen LogP contribution is -2.04. The molecule has 2 heterocycles. The molecule has 1 N–H and O–H groups in total. The number of nitrogens with one attached hydrogen (secondary N) is 1. The van der Waals surface area contributed by atoms with Crippen LogP contribution in [-0.2, 0) is 4.74 Å². The van der Waals surface area contributed by atoms with Crippen molar-refractivity contribution in [2.75, 3.05) is 0 Å². The lowest BCUT2D eigenvalue weighted by atomic mass is 10.2. The van der Waals surface area contributed by atoms with Gasteiger partial charge in [-0.2, -0.15) is 0 Å². The average Bonchev–Trinajstić information content (AvgIpc) is 2.52. The molecule has 13 heavy (non-hydrogen) atoms. The van der Waals surface area contributed by atoms with Crippen LogP contribution in [0.5, 0.6) is 0 Å². The van der Waals surface area contributed by atoms with Gasteiger partial charge in [0.2, 0.25) is 0 Å². The second-order valence-corrected chi connectivity index (χ2v) is 3.77. The Hall–Kier alpha value is -0.740. The minimum Gasteiger partial charge on any atom is -0.367 e. The fourth-order valence-corrected chi connectivity index (χ4v) is 1.72. The normalized spacial score (nSPS) is 27.8. The third kappa shape index (κ3) is 1.95. The molecular weight excluding hydrogens is 184 g/mol. The Kier molecular flexibility index (Phi) is 2.42. The van der Waals surface area contributed by atoms with Gasteiger partial charge >= 0.3 is 0 Å². The van der Waals surface area contributed by atoms with Crippen LogP contribution < -0.4 is 0 Å². The standard InChI is InChI=1S/C9H12N2OS/c1-6-2-3-7(12-6)9-10-5-4-8(13)11-9/h4-7H,2-3H2,1H3,(H,10,11,13). The fourth-order valence-electron chi connectivity index (χ4n) is 1.55. The van der Waals surface area contributed by atoms with Gasteiger partial charge in [0.1, 0.15) is 16.6 Å². The molecule has 1 aliphatic rings. The number of aromatic nitrogens is 2. The summed E-state index contributed by atoms with van der Waals surface area (Å²) in [4.78, 5) is 7.26. The minimum absolute atomic E-state index is 0.109. The molecule has 2 atom stereocenters. The first-order chi connectivity index (χ1) is 6.25. The highest BCUT2D eigenvalue weighted by molar-refractivity contribution is 7.71. The molecule has 0 aliphatic carbocycles. The Morgan fingerprint density at radius 3 is 3.08 bits per heavy atom. The van der Waals surface area contributed by atoms with Crippen molar-refractivity contribution in [3.05, 3.63) is 22.7 Å². The number of hydrogen-bond acceptors (Lipinski definition) is 3. The second kappa shape index (κ2) is 3.55. The van der Waals surface area contributed by atoms with Gasteiger partial charge < -0.3 is 9.72 Å². The van der Waals surface area contributed by atoms with Crippen molar-refractivity contribution >= 4 is 12.2 Å². The van der Waals surface area contributed by atoms with E-state index in [1.165, 1.54) is 0 Å². The summed E-state index contributed by atoms with van der Waals surface area (Å²) in [6.45, 7) is 2.08. The minimum atomic E-state index is 0.109. The molecule has 0 saturated carbocycles. The van der Waals surface area contributed by atoms with E-state index in [0.717, 1.165) is 18.7 Å². The van der Waals surface area contributed by atoms with E-state index >= 15 is 0 Å². The summed E-state index contributed by atoms with van der Waals surface area (Å²) in [5.74, 6) is 0.858. The number of hydrogen-bond donors (Lipinski definition) is 1. The Bertz CT molecular complexity index is 349. The summed E-state index contributed by atoms with van der Waals surface area (Å²) in [6.07, 6.45) is 4.30. The van der Waals surface area contributed by atoms with Crippen LogP contribution >= 0.6 is 12.2 Å². The molecular formula is C9H12N2OS. The van der Waals surface area contributed by atoms with E-state index in [2.05, 4.69) is 16.9 Å². The van der Waals surface area contributed by atoms with E-state index in [1.807, 2.05) is 0 Å². The van der Waals surface area contributed by atoms with Gasteiger partial charge in [-0.1, -0.05) is 12.2 Å². The lowest BCUT2D eigenvalue weighted by molar-refractivity contribution is 0.0502. The van der Waals surface area contributed by atoms with Crippen molar-refractivity contribution in [2.45, 2.75) is 32.0 Å². The van der Waals surface area contributed by atoms with Gasteiger partial charge in [0.05, 0.1) is 6.10 Å². The summed E-state index contributed by atoms with van der Waals surface area (Å²) in [6, 6.07) is 1.78. The van der Waals surface area contributed by atoms with Crippen LogP contribution in [0.25, 0.3) is 0 Å². The maximum Gasteiger partial charge on any atom is 0.136 e. The topological polar surface area (TPSA) is 37.9 Å². The molecule has 1 saturated heterocycles. The molecule has 2 unspecified atom stereocenters. The van der Waals surface area contributed by atoms with Crippen molar-refractivity contribution in [1.29, 1.82) is 0 Å². The average molecular weight is 196 g/mol. The largest absolute Gasteiger partial charge is 0.367 e. The van der Waals surface area contributed by atoms with Crippen LogP contribution in [0.15, 0.2) is 12.3 Å².